The Bertz CT molecular complexity index is 921. The van der Waals surface area contributed by atoms with Gasteiger partial charge in [0.05, 0.1) is 0 Å². The quantitative estimate of drug-likeness (QED) is 0.470. The minimum Gasteiger partial charge on any atom is -0.457 e. The van der Waals surface area contributed by atoms with E-state index in [1.807, 2.05) is 6.07 Å². The number of hydrogen-bond acceptors (Lipinski definition) is 1. The van der Waals surface area contributed by atoms with E-state index in [1.54, 1.807) is 16.7 Å². The molecule has 0 aliphatic heterocycles. The fraction of sp³-hybridized carbons (Fsp3) is 0.308. The molecule has 0 spiro atoms. The topological polar surface area (TPSA) is 9.23 Å². The van der Waals surface area contributed by atoms with Crippen molar-refractivity contribution < 1.29 is 4.74 Å². The van der Waals surface area contributed by atoms with E-state index in [9.17, 15) is 0 Å². The van der Waals surface area contributed by atoms with E-state index in [-0.39, 0.29) is 0 Å². The summed E-state index contributed by atoms with van der Waals surface area (Å²) in [6.07, 6.45) is 6.91. The maximum absolute atomic E-state index is 6.05. The summed E-state index contributed by atoms with van der Waals surface area (Å²) in [6.45, 7) is 4.43. The van der Waals surface area contributed by atoms with Crippen molar-refractivity contribution in [1.29, 1.82) is 0 Å². The molecule has 0 unspecified atom stereocenters. The largest absolute Gasteiger partial charge is 0.457 e. The molecule has 0 atom stereocenters. The van der Waals surface area contributed by atoms with Gasteiger partial charge in [-0.15, -0.1) is 0 Å². The van der Waals surface area contributed by atoms with Crippen LogP contribution in [0.1, 0.15) is 47.2 Å². The van der Waals surface area contributed by atoms with Crippen LogP contribution in [0.4, 0.5) is 0 Å². The normalized spacial score (nSPS) is 12.4. The van der Waals surface area contributed by atoms with Crippen LogP contribution in [0.15, 0.2) is 60.7 Å². The first-order chi connectivity index (χ1) is 13.3. The Morgan fingerprint density at radius 2 is 1.41 bits per heavy atom. The molecule has 0 saturated heterocycles. The van der Waals surface area contributed by atoms with Crippen molar-refractivity contribution in [3.63, 3.8) is 0 Å². The lowest BCUT2D eigenvalue weighted by Crippen LogP contribution is -2.15. The zero-order valence-electron chi connectivity index (χ0n) is 16.4. The molecule has 1 nitrogen and oxygen atoms in total. The molecule has 0 heterocycles. The van der Waals surface area contributed by atoms with Crippen LogP contribution < -0.4 is 4.74 Å². The second-order valence-electron chi connectivity index (χ2n) is 7.44. The second kappa shape index (κ2) is 8.00. The van der Waals surface area contributed by atoms with Gasteiger partial charge in [0, 0.05) is 0 Å². The van der Waals surface area contributed by atoms with Crippen molar-refractivity contribution in [2.24, 2.45) is 0 Å². The van der Waals surface area contributed by atoms with Gasteiger partial charge in [-0.1, -0.05) is 50.2 Å². The van der Waals surface area contributed by atoms with Gasteiger partial charge in [0.25, 0.3) is 0 Å². The molecular formula is C26H28O. The van der Waals surface area contributed by atoms with E-state index < -0.39 is 0 Å². The first-order valence-electron chi connectivity index (χ1n) is 10.2. The third kappa shape index (κ3) is 3.93. The zero-order chi connectivity index (χ0) is 18.6. The molecule has 0 fully saturated rings. The molecule has 0 bridgehead atoms. The molecule has 0 aromatic heterocycles. The van der Waals surface area contributed by atoms with Gasteiger partial charge in [0.2, 0.25) is 0 Å². The molecule has 0 radical (unpaired) electrons. The van der Waals surface area contributed by atoms with E-state index >= 15 is 0 Å². The summed E-state index contributed by atoms with van der Waals surface area (Å²) in [7, 11) is 0. The van der Waals surface area contributed by atoms with E-state index in [0.29, 0.717) is 0 Å². The Balaban J connectivity index is 1.43. The van der Waals surface area contributed by atoms with Crippen LogP contribution in [-0.4, -0.2) is 0 Å². The summed E-state index contributed by atoms with van der Waals surface area (Å²) >= 11 is 0. The monoisotopic (exact) mass is 356 g/mol. The number of hydrogen-bond donors (Lipinski definition) is 0. The van der Waals surface area contributed by atoms with Crippen molar-refractivity contribution in [3.8, 4) is 11.5 Å². The summed E-state index contributed by atoms with van der Waals surface area (Å²) in [5.41, 5.74) is 9.01. The van der Waals surface area contributed by atoms with Crippen LogP contribution in [0.25, 0.3) is 0 Å². The van der Waals surface area contributed by atoms with Crippen molar-refractivity contribution in [1.82, 2.24) is 0 Å². The van der Waals surface area contributed by atoms with Crippen LogP contribution in [0, 0.1) is 0 Å². The number of rotatable bonds is 7. The number of ether oxygens (including phenoxy) is 1. The molecule has 1 aliphatic carbocycles. The van der Waals surface area contributed by atoms with Gasteiger partial charge in [0.15, 0.2) is 0 Å². The highest BCUT2D eigenvalue weighted by atomic mass is 16.5. The maximum Gasteiger partial charge on any atom is 0.127 e. The summed E-state index contributed by atoms with van der Waals surface area (Å²) in [4.78, 5) is 0. The van der Waals surface area contributed by atoms with Gasteiger partial charge in [-0.05, 0) is 96.2 Å². The van der Waals surface area contributed by atoms with Crippen LogP contribution in [-0.2, 0) is 38.5 Å². The van der Waals surface area contributed by atoms with Gasteiger partial charge in [-0.2, -0.15) is 0 Å². The molecule has 0 N–H and O–H groups in total. The third-order valence-electron chi connectivity index (χ3n) is 5.78. The van der Waals surface area contributed by atoms with Crippen molar-refractivity contribution >= 4 is 0 Å². The van der Waals surface area contributed by atoms with Crippen molar-refractivity contribution in [3.05, 3.63) is 94.0 Å². The lowest BCUT2D eigenvalue weighted by molar-refractivity contribution is 0.481. The fourth-order valence-electron chi connectivity index (χ4n) is 4.02. The average molecular weight is 357 g/mol. The number of benzene rings is 3. The first kappa shape index (κ1) is 17.9. The van der Waals surface area contributed by atoms with Gasteiger partial charge in [-0.25, -0.2) is 0 Å². The number of aryl methyl sites for hydroxylation is 4. The second-order valence-corrected chi connectivity index (χ2v) is 7.44. The predicted molar refractivity (Wildman–Crippen MR) is 113 cm³/mol. The molecule has 4 rings (SSSR count). The highest BCUT2D eigenvalue weighted by Crippen LogP contribution is 2.31. The van der Waals surface area contributed by atoms with E-state index in [2.05, 4.69) is 68.4 Å². The molecule has 0 amide bonds. The van der Waals surface area contributed by atoms with Crippen LogP contribution in [0.3, 0.4) is 0 Å². The van der Waals surface area contributed by atoms with Gasteiger partial charge >= 0.3 is 0 Å². The highest BCUT2D eigenvalue weighted by molar-refractivity contribution is 5.47. The Labute approximate surface area is 163 Å². The molecule has 1 aliphatic rings. The molecule has 3 aromatic rings. The summed E-state index contributed by atoms with van der Waals surface area (Å²) in [6, 6.07) is 21.6. The Kier molecular flexibility index (Phi) is 5.29. The van der Waals surface area contributed by atoms with Crippen LogP contribution in [0.5, 0.6) is 11.5 Å². The van der Waals surface area contributed by atoms with E-state index in [4.69, 9.17) is 4.74 Å². The molecule has 1 heteroatoms. The zero-order valence-corrected chi connectivity index (χ0v) is 16.4. The molecular weight excluding hydrogens is 328 g/mol. The van der Waals surface area contributed by atoms with Crippen LogP contribution >= 0.6 is 0 Å². The Morgan fingerprint density at radius 1 is 0.667 bits per heavy atom. The smallest absolute Gasteiger partial charge is 0.127 e. The summed E-state index contributed by atoms with van der Waals surface area (Å²) < 4.78 is 6.05. The SMILES string of the molecule is CCc1ccc(Oc2cccc(CCc3ccc(CC)c4c3CC4)c2)cc1. The van der Waals surface area contributed by atoms with Crippen molar-refractivity contribution in [2.45, 2.75) is 52.4 Å². The van der Waals surface area contributed by atoms with Gasteiger partial charge < -0.3 is 4.74 Å². The third-order valence-corrected chi connectivity index (χ3v) is 5.78. The Morgan fingerprint density at radius 3 is 2.11 bits per heavy atom. The Hall–Kier alpha value is -2.54. The summed E-state index contributed by atoms with van der Waals surface area (Å²) in [5, 5.41) is 0. The standard InChI is InChI=1S/C26H28O/c1-3-19-9-14-23(15-10-19)27-24-7-5-6-20(18-24)8-11-22-13-12-21(4-2)25-16-17-26(22)25/h5-7,9-10,12-15,18H,3-4,8,11,16-17H2,1-2H3. The lowest BCUT2D eigenvalue weighted by atomic mass is 9.79. The van der Waals surface area contributed by atoms with E-state index in [0.717, 1.165) is 37.2 Å². The summed E-state index contributed by atoms with van der Waals surface area (Å²) in [5.74, 6) is 1.83. The average Bonchev–Trinajstić information content (AvgIpc) is 2.68. The molecule has 0 saturated carbocycles. The fourth-order valence-corrected chi connectivity index (χ4v) is 4.02. The molecule has 27 heavy (non-hydrogen) atoms. The number of fused-ring (bicyclic) bond motifs is 1. The minimum atomic E-state index is 0.904. The van der Waals surface area contributed by atoms with Crippen molar-refractivity contribution in [2.75, 3.05) is 0 Å². The molecule has 3 aromatic carbocycles. The van der Waals surface area contributed by atoms with Gasteiger partial charge in [-0.3, -0.25) is 0 Å². The van der Waals surface area contributed by atoms with Crippen LogP contribution in [0.2, 0.25) is 0 Å². The van der Waals surface area contributed by atoms with Gasteiger partial charge in [0.1, 0.15) is 11.5 Å². The maximum atomic E-state index is 6.05. The lowest BCUT2D eigenvalue weighted by Gasteiger charge is -2.26. The first-order valence-corrected chi connectivity index (χ1v) is 10.2. The predicted octanol–water partition coefficient (Wildman–Crippen LogP) is 6.49. The van der Waals surface area contributed by atoms with E-state index in [1.165, 1.54) is 29.5 Å². The molecule has 138 valence electrons. The minimum absolute atomic E-state index is 0.904. The highest BCUT2D eigenvalue weighted by Gasteiger charge is 2.19.